The maximum Gasteiger partial charge on any atom is 0.328 e. The molecule has 24 heavy (non-hydrogen) atoms. The predicted molar refractivity (Wildman–Crippen MR) is 87.3 cm³/mol. The highest BCUT2D eigenvalue weighted by Crippen LogP contribution is 2.15. The quantitative estimate of drug-likeness (QED) is 0.593. The lowest BCUT2D eigenvalue weighted by Gasteiger charge is -2.31. The number of hydrogen-bond acceptors (Lipinski definition) is 6. The smallest absolute Gasteiger partial charge is 0.328 e. The number of carboxylic acids is 2. The monoisotopic (exact) mass is 339 g/mol. The highest BCUT2D eigenvalue weighted by atomic mass is 16.4. The van der Waals surface area contributed by atoms with Gasteiger partial charge in [-0.1, -0.05) is 5.21 Å². The number of hydrogen-bond donors (Lipinski definition) is 3. The van der Waals surface area contributed by atoms with E-state index in [-0.39, 0.29) is 0 Å². The third kappa shape index (κ3) is 9.01. The molecule has 134 valence electrons. The molecule has 1 saturated heterocycles. The normalized spacial score (nSPS) is 15.9. The van der Waals surface area contributed by atoms with E-state index in [4.69, 9.17) is 15.9 Å². The third-order valence-electron chi connectivity index (χ3n) is 3.74. The van der Waals surface area contributed by atoms with Gasteiger partial charge in [0.1, 0.15) is 0 Å². The number of rotatable bonds is 7. The average Bonchev–Trinajstić information content (AvgIpc) is 3.07. The lowest BCUT2D eigenvalue weighted by molar-refractivity contribution is -0.134. The molecule has 0 unspecified atom stereocenters. The van der Waals surface area contributed by atoms with Crippen molar-refractivity contribution in [3.05, 3.63) is 24.5 Å². The van der Waals surface area contributed by atoms with Gasteiger partial charge in [0.15, 0.2) is 0 Å². The van der Waals surface area contributed by atoms with Crippen LogP contribution < -0.4 is 5.73 Å². The first-order valence-electron chi connectivity index (χ1n) is 7.91. The van der Waals surface area contributed by atoms with E-state index in [1.54, 1.807) is 6.20 Å². The highest BCUT2D eigenvalue weighted by Gasteiger charge is 2.17. The van der Waals surface area contributed by atoms with Crippen LogP contribution in [-0.4, -0.2) is 68.2 Å². The summed E-state index contributed by atoms with van der Waals surface area (Å²) in [7, 11) is 0. The van der Waals surface area contributed by atoms with Crippen molar-refractivity contribution in [1.82, 2.24) is 19.9 Å². The van der Waals surface area contributed by atoms with E-state index in [9.17, 15) is 9.59 Å². The molecule has 0 atom stereocenters. The number of carbonyl (C=O) groups is 2. The minimum atomic E-state index is -1.26. The van der Waals surface area contributed by atoms with Gasteiger partial charge < -0.3 is 20.8 Å². The van der Waals surface area contributed by atoms with Crippen LogP contribution in [0.5, 0.6) is 0 Å². The molecule has 0 amide bonds. The second-order valence-electron chi connectivity index (χ2n) is 5.55. The number of nitrogens with zero attached hydrogens (tertiary/aromatic N) is 4. The van der Waals surface area contributed by atoms with Gasteiger partial charge in [-0.25, -0.2) is 9.59 Å². The molecule has 0 aromatic carbocycles. The van der Waals surface area contributed by atoms with Gasteiger partial charge >= 0.3 is 11.9 Å². The van der Waals surface area contributed by atoms with Gasteiger partial charge in [0.05, 0.1) is 6.20 Å². The summed E-state index contributed by atoms with van der Waals surface area (Å²) < 4.78 is 1.90. The van der Waals surface area contributed by atoms with Crippen LogP contribution >= 0.6 is 0 Å². The Balaban J connectivity index is 0.000000307. The number of aryl methyl sites for hydroxylation is 1. The van der Waals surface area contributed by atoms with Gasteiger partial charge in [-0.15, -0.1) is 5.10 Å². The van der Waals surface area contributed by atoms with Gasteiger partial charge in [-0.05, 0) is 51.4 Å². The number of nitrogens with two attached hydrogens (primary N) is 1. The van der Waals surface area contributed by atoms with E-state index in [1.807, 2.05) is 10.9 Å². The fourth-order valence-corrected chi connectivity index (χ4v) is 2.40. The molecular weight excluding hydrogens is 314 g/mol. The summed E-state index contributed by atoms with van der Waals surface area (Å²) >= 11 is 0. The Morgan fingerprint density at radius 3 is 2.25 bits per heavy atom. The molecule has 0 radical (unpaired) electrons. The number of carboxylic acid groups (broad SMARTS) is 2. The summed E-state index contributed by atoms with van der Waals surface area (Å²) in [6, 6.07) is 0. The summed E-state index contributed by atoms with van der Waals surface area (Å²) in [5, 5.41) is 23.4. The second kappa shape index (κ2) is 11.3. The summed E-state index contributed by atoms with van der Waals surface area (Å²) in [5.74, 6) is -1.76. The fraction of sp³-hybridized carbons (Fsp3) is 0.600. The van der Waals surface area contributed by atoms with Gasteiger partial charge in [0.25, 0.3) is 0 Å². The Bertz CT molecular complexity index is 494. The molecule has 1 aromatic rings. The van der Waals surface area contributed by atoms with Crippen LogP contribution in [0.4, 0.5) is 0 Å². The van der Waals surface area contributed by atoms with E-state index in [0.29, 0.717) is 12.2 Å². The molecule has 0 bridgehead atoms. The van der Waals surface area contributed by atoms with Crippen molar-refractivity contribution in [2.45, 2.75) is 25.8 Å². The molecular formula is C15H25N5O4. The van der Waals surface area contributed by atoms with E-state index >= 15 is 0 Å². The lowest BCUT2D eigenvalue weighted by atomic mass is 9.97. The summed E-state index contributed by atoms with van der Waals surface area (Å²) in [6.07, 6.45) is 8.44. The van der Waals surface area contributed by atoms with Crippen LogP contribution in [0.15, 0.2) is 24.5 Å². The first kappa shape index (κ1) is 19.8. The Hall–Kier alpha value is -2.26. The van der Waals surface area contributed by atoms with Crippen molar-refractivity contribution in [2.75, 3.05) is 26.2 Å². The molecule has 1 fully saturated rings. The predicted octanol–water partition coefficient (Wildman–Crippen LogP) is 0.0507. The van der Waals surface area contributed by atoms with Gasteiger partial charge in [0, 0.05) is 24.9 Å². The number of piperidine rings is 1. The molecule has 4 N–H and O–H groups in total. The van der Waals surface area contributed by atoms with Crippen molar-refractivity contribution in [1.29, 1.82) is 0 Å². The maximum atomic E-state index is 9.55. The fourth-order valence-electron chi connectivity index (χ4n) is 2.40. The zero-order valence-corrected chi connectivity index (χ0v) is 13.6. The number of aliphatic carboxylic acids is 2. The molecule has 0 spiro atoms. The SMILES string of the molecule is NCC1CCN(CCCn2ccnn2)CC1.O=C(O)/C=C/C(=O)O. The second-order valence-corrected chi connectivity index (χ2v) is 5.55. The minimum Gasteiger partial charge on any atom is -0.478 e. The lowest BCUT2D eigenvalue weighted by Crippen LogP contribution is -2.36. The summed E-state index contributed by atoms with van der Waals surface area (Å²) in [5.41, 5.74) is 5.68. The van der Waals surface area contributed by atoms with Gasteiger partial charge in [-0.2, -0.15) is 0 Å². The summed E-state index contributed by atoms with van der Waals surface area (Å²) in [6.45, 7) is 5.40. The van der Waals surface area contributed by atoms with Crippen LogP contribution in [0.2, 0.25) is 0 Å². The van der Waals surface area contributed by atoms with Crippen molar-refractivity contribution in [3.63, 3.8) is 0 Å². The van der Waals surface area contributed by atoms with E-state index in [0.717, 1.165) is 32.0 Å². The average molecular weight is 339 g/mol. The Kier molecular flexibility index (Phi) is 9.32. The van der Waals surface area contributed by atoms with Crippen LogP contribution in [0, 0.1) is 5.92 Å². The zero-order valence-electron chi connectivity index (χ0n) is 13.6. The molecule has 1 aliphatic heterocycles. The molecule has 1 aromatic heterocycles. The van der Waals surface area contributed by atoms with Crippen molar-refractivity contribution in [3.8, 4) is 0 Å². The molecule has 9 nitrogen and oxygen atoms in total. The molecule has 1 aliphatic rings. The van der Waals surface area contributed by atoms with Crippen molar-refractivity contribution in [2.24, 2.45) is 11.7 Å². The topological polar surface area (TPSA) is 135 Å². The Morgan fingerprint density at radius 2 is 1.79 bits per heavy atom. The molecule has 0 saturated carbocycles. The molecule has 0 aliphatic carbocycles. The van der Waals surface area contributed by atoms with Crippen LogP contribution in [0.25, 0.3) is 0 Å². The zero-order chi connectivity index (χ0) is 17.8. The van der Waals surface area contributed by atoms with Gasteiger partial charge in [0.2, 0.25) is 0 Å². The maximum absolute atomic E-state index is 9.55. The number of likely N-dealkylation sites (tertiary alicyclic amines) is 1. The summed E-state index contributed by atoms with van der Waals surface area (Å²) in [4.78, 5) is 21.6. The van der Waals surface area contributed by atoms with E-state index in [2.05, 4.69) is 15.2 Å². The van der Waals surface area contributed by atoms with Crippen molar-refractivity contribution >= 4 is 11.9 Å². The van der Waals surface area contributed by atoms with E-state index < -0.39 is 11.9 Å². The Morgan fingerprint density at radius 1 is 1.17 bits per heavy atom. The molecule has 2 heterocycles. The third-order valence-corrected chi connectivity index (χ3v) is 3.74. The molecule has 2 rings (SSSR count). The minimum absolute atomic E-state index is 0.558. The van der Waals surface area contributed by atoms with Gasteiger partial charge in [-0.3, -0.25) is 4.68 Å². The van der Waals surface area contributed by atoms with Crippen molar-refractivity contribution < 1.29 is 19.8 Å². The van der Waals surface area contributed by atoms with E-state index in [1.165, 1.54) is 25.9 Å². The standard InChI is InChI=1S/C11H21N5.C4H4O4/c12-10-11-2-7-15(8-3-11)5-1-6-16-9-4-13-14-16;5-3(6)1-2-4(7)8/h4,9,11H,1-3,5-8,10,12H2;1-2H,(H,5,6)(H,7,8)/b;2-1+. The van der Waals surface area contributed by atoms with Crippen LogP contribution in [0.3, 0.4) is 0 Å². The largest absolute Gasteiger partial charge is 0.478 e. The number of aromatic nitrogens is 3. The Labute approximate surface area is 140 Å². The van der Waals surface area contributed by atoms with Crippen LogP contribution in [0.1, 0.15) is 19.3 Å². The van der Waals surface area contributed by atoms with Crippen LogP contribution in [-0.2, 0) is 16.1 Å². The molecule has 9 heteroatoms. The first-order chi connectivity index (χ1) is 11.5. The highest BCUT2D eigenvalue weighted by molar-refractivity contribution is 5.89. The first-order valence-corrected chi connectivity index (χ1v) is 7.91.